The van der Waals surface area contributed by atoms with Crippen molar-refractivity contribution >= 4 is 27.5 Å². The molecule has 0 saturated carbocycles. The van der Waals surface area contributed by atoms with E-state index in [1.54, 1.807) is 30.0 Å². The molecule has 1 aliphatic heterocycles. The summed E-state index contributed by atoms with van der Waals surface area (Å²) < 4.78 is 27.4. The van der Waals surface area contributed by atoms with Crippen LogP contribution in [0.25, 0.3) is 0 Å². The number of hydrogen-bond acceptors (Lipinski definition) is 5. The first-order valence-corrected chi connectivity index (χ1v) is 9.57. The normalized spacial score (nSPS) is 22.1. The van der Waals surface area contributed by atoms with Crippen LogP contribution >= 0.6 is 11.6 Å². The van der Waals surface area contributed by atoms with Crippen LogP contribution in [-0.2, 0) is 10.0 Å². The minimum Gasteiger partial charge on any atom is -0.332 e. The van der Waals surface area contributed by atoms with Gasteiger partial charge in [-0.1, -0.05) is 28.9 Å². The van der Waals surface area contributed by atoms with E-state index in [4.69, 9.17) is 11.6 Å². The van der Waals surface area contributed by atoms with Gasteiger partial charge < -0.3 is 4.90 Å². The van der Waals surface area contributed by atoms with Crippen LogP contribution in [0.5, 0.6) is 0 Å². The summed E-state index contributed by atoms with van der Waals surface area (Å²) in [6.45, 7) is 4.03. The molecule has 1 amide bonds. The standard InChI is InChI=1S/C15H18ClN5O3S/c1-10-9-21(25(23,24)14-6-4-3-5-12(14)16)11(2)8-20(10)15(22)13-7-17-19-18-13/h3-7,10-11H,8-9H2,1-2H3,(H,17,18,19)/t10-,11+/m0/s1. The molecule has 1 fully saturated rings. The summed E-state index contributed by atoms with van der Waals surface area (Å²) >= 11 is 6.07. The van der Waals surface area contributed by atoms with Crippen LogP contribution in [0.3, 0.4) is 0 Å². The molecule has 1 aromatic heterocycles. The lowest BCUT2D eigenvalue weighted by Gasteiger charge is -2.43. The molecule has 25 heavy (non-hydrogen) atoms. The van der Waals surface area contributed by atoms with E-state index in [0.717, 1.165) is 0 Å². The van der Waals surface area contributed by atoms with Gasteiger partial charge in [-0.05, 0) is 26.0 Å². The zero-order valence-corrected chi connectivity index (χ0v) is 15.3. The number of carbonyl (C=O) groups excluding carboxylic acids is 1. The van der Waals surface area contributed by atoms with Crippen molar-refractivity contribution in [3.63, 3.8) is 0 Å². The number of hydrogen-bond donors (Lipinski definition) is 1. The molecule has 0 radical (unpaired) electrons. The Hall–Kier alpha value is -1.97. The first kappa shape index (κ1) is 17.8. The van der Waals surface area contributed by atoms with Crippen LogP contribution in [-0.4, -0.2) is 64.1 Å². The molecule has 2 atom stereocenters. The van der Waals surface area contributed by atoms with E-state index in [1.165, 1.54) is 16.6 Å². The molecule has 0 aliphatic carbocycles. The highest BCUT2D eigenvalue weighted by Gasteiger charge is 2.39. The van der Waals surface area contributed by atoms with E-state index < -0.39 is 16.1 Å². The van der Waals surface area contributed by atoms with Gasteiger partial charge in [-0.3, -0.25) is 9.89 Å². The number of aromatic nitrogens is 3. The van der Waals surface area contributed by atoms with Crippen molar-refractivity contribution in [2.75, 3.05) is 13.1 Å². The van der Waals surface area contributed by atoms with Gasteiger partial charge in [0.05, 0.1) is 11.2 Å². The van der Waals surface area contributed by atoms with Crippen molar-refractivity contribution in [2.45, 2.75) is 30.8 Å². The Morgan fingerprint density at radius 2 is 1.96 bits per heavy atom. The molecule has 134 valence electrons. The monoisotopic (exact) mass is 383 g/mol. The Kier molecular flexibility index (Phi) is 4.81. The van der Waals surface area contributed by atoms with Gasteiger partial charge in [0.2, 0.25) is 10.0 Å². The fourth-order valence-corrected chi connectivity index (χ4v) is 5.15. The highest BCUT2D eigenvalue weighted by atomic mass is 35.5. The maximum Gasteiger partial charge on any atom is 0.273 e. The highest BCUT2D eigenvalue weighted by Crippen LogP contribution is 2.28. The van der Waals surface area contributed by atoms with Crippen LogP contribution in [0.4, 0.5) is 0 Å². The van der Waals surface area contributed by atoms with Gasteiger partial charge in [0.15, 0.2) is 0 Å². The van der Waals surface area contributed by atoms with E-state index >= 15 is 0 Å². The molecule has 8 nitrogen and oxygen atoms in total. The third-order valence-electron chi connectivity index (χ3n) is 4.26. The van der Waals surface area contributed by atoms with Gasteiger partial charge in [0.25, 0.3) is 5.91 Å². The number of nitrogens with one attached hydrogen (secondary N) is 1. The smallest absolute Gasteiger partial charge is 0.273 e. The first-order valence-electron chi connectivity index (χ1n) is 7.75. The predicted octanol–water partition coefficient (Wildman–Crippen LogP) is 1.38. The minimum atomic E-state index is -3.75. The zero-order chi connectivity index (χ0) is 18.2. The summed E-state index contributed by atoms with van der Waals surface area (Å²) in [4.78, 5) is 14.2. The number of sulfonamides is 1. The van der Waals surface area contributed by atoms with E-state index in [-0.39, 0.29) is 40.7 Å². The Morgan fingerprint density at radius 3 is 2.60 bits per heavy atom. The third kappa shape index (κ3) is 3.26. The van der Waals surface area contributed by atoms with E-state index in [1.807, 2.05) is 6.92 Å². The average Bonchev–Trinajstić information content (AvgIpc) is 3.10. The number of rotatable bonds is 3. The Labute approximate surface area is 150 Å². The number of piperazine rings is 1. The van der Waals surface area contributed by atoms with Gasteiger partial charge in [-0.25, -0.2) is 8.42 Å². The molecule has 2 aromatic rings. The lowest BCUT2D eigenvalue weighted by Crippen LogP contribution is -2.59. The van der Waals surface area contributed by atoms with Crippen LogP contribution in [0, 0.1) is 0 Å². The van der Waals surface area contributed by atoms with Crippen molar-refractivity contribution in [2.24, 2.45) is 0 Å². The Morgan fingerprint density at radius 1 is 1.24 bits per heavy atom. The van der Waals surface area contributed by atoms with Crippen molar-refractivity contribution in [3.8, 4) is 0 Å². The molecule has 1 aliphatic rings. The Balaban J connectivity index is 1.85. The molecule has 3 rings (SSSR count). The molecule has 1 saturated heterocycles. The fourth-order valence-electron chi connectivity index (χ4n) is 2.95. The van der Waals surface area contributed by atoms with Gasteiger partial charge in [0, 0.05) is 25.2 Å². The Bertz CT molecular complexity index is 871. The van der Waals surface area contributed by atoms with E-state index in [9.17, 15) is 13.2 Å². The quantitative estimate of drug-likeness (QED) is 0.863. The topological polar surface area (TPSA) is 99.3 Å². The molecule has 0 spiro atoms. The molecule has 10 heteroatoms. The van der Waals surface area contributed by atoms with Crippen molar-refractivity contribution in [1.82, 2.24) is 24.6 Å². The summed E-state index contributed by atoms with van der Waals surface area (Å²) in [7, 11) is -3.75. The summed E-state index contributed by atoms with van der Waals surface area (Å²) in [5, 5.41) is 9.88. The number of nitrogens with zero attached hydrogens (tertiary/aromatic N) is 4. The van der Waals surface area contributed by atoms with Gasteiger partial charge >= 0.3 is 0 Å². The van der Waals surface area contributed by atoms with Crippen LogP contribution in [0.15, 0.2) is 35.4 Å². The summed E-state index contributed by atoms with van der Waals surface area (Å²) in [5.41, 5.74) is 0.279. The molecule has 1 N–H and O–H groups in total. The number of amides is 1. The second-order valence-electron chi connectivity index (χ2n) is 6.03. The summed E-state index contributed by atoms with van der Waals surface area (Å²) in [5.74, 6) is -0.251. The summed E-state index contributed by atoms with van der Waals surface area (Å²) in [6, 6.07) is 5.66. The fraction of sp³-hybridized carbons (Fsp3) is 0.400. The molecular weight excluding hydrogens is 366 g/mol. The summed E-state index contributed by atoms with van der Waals surface area (Å²) in [6.07, 6.45) is 1.35. The first-order chi connectivity index (χ1) is 11.8. The van der Waals surface area contributed by atoms with Gasteiger partial charge in [0.1, 0.15) is 10.6 Å². The molecule has 0 unspecified atom stereocenters. The lowest BCUT2D eigenvalue weighted by molar-refractivity contribution is 0.0501. The number of aromatic amines is 1. The SMILES string of the molecule is C[C@@H]1CN(C(=O)c2cnn[nH]2)[C@@H](C)CN1S(=O)(=O)c1ccccc1Cl. The number of benzene rings is 1. The lowest BCUT2D eigenvalue weighted by atomic mass is 10.1. The molecule has 1 aromatic carbocycles. The van der Waals surface area contributed by atoms with Crippen molar-refractivity contribution in [3.05, 3.63) is 41.2 Å². The second-order valence-corrected chi connectivity index (χ2v) is 8.30. The number of H-pyrrole nitrogens is 1. The number of halogens is 1. The molecule has 0 bridgehead atoms. The highest BCUT2D eigenvalue weighted by molar-refractivity contribution is 7.89. The maximum absolute atomic E-state index is 13.0. The zero-order valence-electron chi connectivity index (χ0n) is 13.8. The third-order valence-corrected chi connectivity index (χ3v) is 6.74. The molecule has 2 heterocycles. The van der Waals surface area contributed by atoms with Crippen molar-refractivity contribution in [1.29, 1.82) is 0 Å². The van der Waals surface area contributed by atoms with E-state index in [0.29, 0.717) is 0 Å². The van der Waals surface area contributed by atoms with E-state index in [2.05, 4.69) is 15.4 Å². The molecular formula is C15H18ClN5O3S. The van der Waals surface area contributed by atoms with Crippen LogP contribution in [0.1, 0.15) is 24.3 Å². The van der Waals surface area contributed by atoms with Crippen LogP contribution in [0.2, 0.25) is 5.02 Å². The van der Waals surface area contributed by atoms with Gasteiger partial charge in [-0.2, -0.15) is 4.31 Å². The predicted molar refractivity (Wildman–Crippen MR) is 91.7 cm³/mol. The largest absolute Gasteiger partial charge is 0.332 e. The second kappa shape index (κ2) is 6.74. The average molecular weight is 384 g/mol. The van der Waals surface area contributed by atoms with Crippen LogP contribution < -0.4 is 0 Å². The van der Waals surface area contributed by atoms with Crippen molar-refractivity contribution < 1.29 is 13.2 Å². The van der Waals surface area contributed by atoms with Gasteiger partial charge in [-0.15, -0.1) is 5.10 Å². The minimum absolute atomic E-state index is 0.0771. The number of carbonyl (C=O) groups is 1. The maximum atomic E-state index is 13.0.